The third-order valence-electron chi connectivity index (χ3n) is 5.27. The predicted molar refractivity (Wildman–Crippen MR) is 138 cm³/mol. The molecule has 0 spiro atoms. The SMILES string of the molecule is CCc1ccccc1OCc1cc(Br)cc(-c2cccc(C(CF)NC(=O)OC(C)(C)C)c2F)c1. The summed E-state index contributed by atoms with van der Waals surface area (Å²) in [5, 5.41) is 2.43. The van der Waals surface area contributed by atoms with Crippen molar-refractivity contribution in [2.45, 2.75) is 52.4 Å². The largest absolute Gasteiger partial charge is 0.489 e. The van der Waals surface area contributed by atoms with E-state index in [-0.39, 0.29) is 5.56 Å². The van der Waals surface area contributed by atoms with Crippen LogP contribution in [-0.2, 0) is 17.8 Å². The van der Waals surface area contributed by atoms with Crippen LogP contribution < -0.4 is 10.1 Å². The van der Waals surface area contributed by atoms with Crippen molar-refractivity contribution in [3.63, 3.8) is 0 Å². The molecule has 3 rings (SSSR count). The number of ether oxygens (including phenoxy) is 2. The van der Waals surface area contributed by atoms with Crippen LogP contribution in [0.5, 0.6) is 5.75 Å². The summed E-state index contributed by atoms with van der Waals surface area (Å²) in [5.41, 5.74) is 2.15. The molecule has 0 aliphatic carbocycles. The Morgan fingerprint density at radius 2 is 1.83 bits per heavy atom. The van der Waals surface area contributed by atoms with Gasteiger partial charge in [0.1, 0.15) is 30.4 Å². The topological polar surface area (TPSA) is 47.6 Å². The average molecular weight is 546 g/mol. The Balaban J connectivity index is 1.86. The van der Waals surface area contributed by atoms with Gasteiger partial charge in [-0.25, -0.2) is 13.6 Å². The minimum Gasteiger partial charge on any atom is -0.489 e. The Morgan fingerprint density at radius 3 is 2.51 bits per heavy atom. The van der Waals surface area contributed by atoms with Crippen molar-refractivity contribution in [3.8, 4) is 16.9 Å². The molecule has 186 valence electrons. The first-order chi connectivity index (χ1) is 16.6. The summed E-state index contributed by atoms with van der Waals surface area (Å²) in [7, 11) is 0. The maximum atomic E-state index is 15.6. The highest BCUT2D eigenvalue weighted by Crippen LogP contribution is 2.32. The van der Waals surface area contributed by atoms with Gasteiger partial charge in [-0.2, -0.15) is 0 Å². The lowest BCUT2D eigenvalue weighted by Gasteiger charge is -2.23. The molecule has 0 heterocycles. The molecule has 1 N–H and O–H groups in total. The number of aryl methyl sites for hydroxylation is 1. The Bertz CT molecular complexity index is 1180. The summed E-state index contributed by atoms with van der Waals surface area (Å²) < 4.78 is 41.4. The number of carbonyl (C=O) groups excluding carboxylic acids is 1. The normalized spacial score (nSPS) is 12.2. The van der Waals surface area contributed by atoms with E-state index in [9.17, 15) is 9.18 Å². The maximum Gasteiger partial charge on any atom is 0.408 e. The lowest BCUT2D eigenvalue weighted by molar-refractivity contribution is 0.0494. The third kappa shape index (κ3) is 7.28. The van der Waals surface area contributed by atoms with Crippen LogP contribution in [0.1, 0.15) is 50.4 Å². The van der Waals surface area contributed by atoms with Gasteiger partial charge in [-0.3, -0.25) is 0 Å². The van der Waals surface area contributed by atoms with E-state index in [0.717, 1.165) is 27.8 Å². The number of rotatable bonds is 8. The zero-order chi connectivity index (χ0) is 25.6. The number of benzene rings is 3. The first kappa shape index (κ1) is 26.7. The number of alkyl halides is 1. The van der Waals surface area contributed by atoms with Crippen LogP contribution in [-0.4, -0.2) is 18.4 Å². The van der Waals surface area contributed by atoms with Gasteiger partial charge in [-0.15, -0.1) is 0 Å². The van der Waals surface area contributed by atoms with E-state index in [1.165, 1.54) is 6.07 Å². The van der Waals surface area contributed by atoms with E-state index in [1.807, 2.05) is 36.4 Å². The van der Waals surface area contributed by atoms with Crippen LogP contribution in [0.25, 0.3) is 11.1 Å². The number of amides is 1. The Morgan fingerprint density at radius 1 is 1.09 bits per heavy atom. The number of para-hydroxylation sites is 1. The molecule has 4 nitrogen and oxygen atoms in total. The van der Waals surface area contributed by atoms with Crippen molar-refractivity contribution in [3.05, 3.63) is 87.6 Å². The molecule has 1 amide bonds. The fraction of sp³-hybridized carbons (Fsp3) is 0.321. The second kappa shape index (κ2) is 11.7. The second-order valence-electron chi connectivity index (χ2n) is 9.16. The molecule has 1 atom stereocenters. The van der Waals surface area contributed by atoms with Gasteiger partial charge in [0.05, 0.1) is 6.04 Å². The quantitative estimate of drug-likeness (QED) is 0.312. The maximum absolute atomic E-state index is 15.6. The molecule has 0 aliphatic rings. The van der Waals surface area contributed by atoms with E-state index >= 15 is 4.39 Å². The minimum absolute atomic E-state index is 0.0468. The van der Waals surface area contributed by atoms with Crippen LogP contribution in [0, 0.1) is 5.82 Å². The van der Waals surface area contributed by atoms with Crippen LogP contribution in [0.3, 0.4) is 0 Å². The Kier molecular flexibility index (Phi) is 8.89. The smallest absolute Gasteiger partial charge is 0.408 e. The van der Waals surface area contributed by atoms with Gasteiger partial charge in [-0.05, 0) is 68.1 Å². The predicted octanol–water partition coefficient (Wildman–Crippen LogP) is 7.93. The highest BCUT2D eigenvalue weighted by Gasteiger charge is 2.24. The molecular weight excluding hydrogens is 516 g/mol. The summed E-state index contributed by atoms with van der Waals surface area (Å²) >= 11 is 3.50. The minimum atomic E-state index is -1.18. The van der Waals surface area contributed by atoms with E-state index in [1.54, 1.807) is 39.0 Å². The monoisotopic (exact) mass is 545 g/mol. The average Bonchev–Trinajstić information content (AvgIpc) is 2.80. The summed E-state index contributed by atoms with van der Waals surface area (Å²) in [6.45, 7) is 6.50. The van der Waals surface area contributed by atoms with E-state index in [2.05, 4.69) is 28.2 Å². The van der Waals surface area contributed by atoms with Gasteiger partial charge in [0.15, 0.2) is 0 Å². The molecule has 1 unspecified atom stereocenters. The zero-order valence-corrected chi connectivity index (χ0v) is 21.9. The van der Waals surface area contributed by atoms with Crippen molar-refractivity contribution >= 4 is 22.0 Å². The van der Waals surface area contributed by atoms with E-state index < -0.39 is 30.2 Å². The number of halogens is 3. The molecule has 7 heteroatoms. The summed E-state index contributed by atoms with van der Waals surface area (Å²) in [6.07, 6.45) is 0.0459. The molecule has 0 fully saturated rings. The number of nitrogens with one attached hydrogen (secondary N) is 1. The van der Waals surface area contributed by atoms with Crippen molar-refractivity contribution < 1.29 is 23.0 Å². The van der Waals surface area contributed by atoms with Crippen molar-refractivity contribution in [2.24, 2.45) is 0 Å². The van der Waals surface area contributed by atoms with E-state index in [0.29, 0.717) is 17.7 Å². The van der Waals surface area contributed by atoms with Gasteiger partial charge >= 0.3 is 6.09 Å². The molecule has 3 aromatic rings. The molecule has 3 aromatic carbocycles. The van der Waals surface area contributed by atoms with Crippen LogP contribution >= 0.6 is 15.9 Å². The standard InChI is InChI=1S/C28H30BrF2NO3/c1-5-19-9-6-7-12-25(19)34-17-18-13-20(15-21(29)14-18)22-10-8-11-23(26(22)31)24(16-30)32-27(33)35-28(2,3)4/h6-15,24H,5,16-17H2,1-4H3,(H,32,33). The molecule has 0 saturated heterocycles. The third-order valence-corrected chi connectivity index (χ3v) is 5.72. The highest BCUT2D eigenvalue weighted by molar-refractivity contribution is 9.10. The Hall–Kier alpha value is -2.93. The van der Waals surface area contributed by atoms with Crippen LogP contribution in [0.15, 0.2) is 65.1 Å². The van der Waals surface area contributed by atoms with Gasteiger partial charge in [0.2, 0.25) is 0 Å². The molecular formula is C28H30BrF2NO3. The zero-order valence-electron chi connectivity index (χ0n) is 20.3. The number of alkyl carbamates (subject to hydrolysis) is 1. The van der Waals surface area contributed by atoms with Crippen LogP contribution in [0.2, 0.25) is 0 Å². The molecule has 35 heavy (non-hydrogen) atoms. The van der Waals surface area contributed by atoms with Crippen molar-refractivity contribution in [1.82, 2.24) is 5.32 Å². The lowest BCUT2D eigenvalue weighted by Crippen LogP contribution is -2.36. The number of hydrogen-bond donors (Lipinski definition) is 1. The van der Waals surface area contributed by atoms with Gasteiger partial charge in [-0.1, -0.05) is 59.3 Å². The lowest BCUT2D eigenvalue weighted by atomic mass is 9.97. The van der Waals surface area contributed by atoms with Gasteiger partial charge < -0.3 is 14.8 Å². The fourth-order valence-corrected chi connectivity index (χ4v) is 4.22. The highest BCUT2D eigenvalue weighted by atomic mass is 79.9. The van der Waals surface area contributed by atoms with Crippen molar-refractivity contribution in [2.75, 3.05) is 6.67 Å². The number of carbonyl (C=O) groups is 1. The molecule has 0 bridgehead atoms. The fourth-order valence-electron chi connectivity index (χ4n) is 3.68. The molecule has 0 radical (unpaired) electrons. The second-order valence-corrected chi connectivity index (χ2v) is 10.1. The first-order valence-electron chi connectivity index (χ1n) is 11.5. The summed E-state index contributed by atoms with van der Waals surface area (Å²) in [6, 6.07) is 16.9. The first-order valence-corrected chi connectivity index (χ1v) is 12.2. The summed E-state index contributed by atoms with van der Waals surface area (Å²) in [5.74, 6) is 0.205. The number of hydrogen-bond acceptors (Lipinski definition) is 3. The molecule has 0 aliphatic heterocycles. The van der Waals surface area contributed by atoms with E-state index in [4.69, 9.17) is 9.47 Å². The van der Waals surface area contributed by atoms with Gasteiger partial charge in [0, 0.05) is 15.6 Å². The Labute approximate surface area is 213 Å². The molecule has 0 saturated carbocycles. The summed E-state index contributed by atoms with van der Waals surface area (Å²) in [4.78, 5) is 12.1. The molecule has 0 aromatic heterocycles. The van der Waals surface area contributed by atoms with Gasteiger partial charge in [0.25, 0.3) is 0 Å². The van der Waals surface area contributed by atoms with Crippen LogP contribution in [0.4, 0.5) is 13.6 Å². The van der Waals surface area contributed by atoms with Crippen molar-refractivity contribution in [1.29, 1.82) is 0 Å².